The van der Waals surface area contributed by atoms with E-state index in [0.717, 1.165) is 11.1 Å². The Hall–Kier alpha value is -2.64. The average molecular weight is 279 g/mol. The van der Waals surface area contributed by atoms with Crippen LogP contribution in [0.25, 0.3) is 0 Å². The van der Waals surface area contributed by atoms with Crippen molar-refractivity contribution in [1.82, 2.24) is 5.32 Å². The molecule has 0 fully saturated rings. The molecule has 1 atom stereocenters. The van der Waals surface area contributed by atoms with Crippen molar-refractivity contribution in [1.29, 1.82) is 5.26 Å². The molecule has 0 saturated carbocycles. The van der Waals surface area contributed by atoms with Gasteiger partial charge >= 0.3 is 0 Å². The number of amides is 1. The first kappa shape index (κ1) is 14.8. The van der Waals surface area contributed by atoms with Crippen LogP contribution < -0.4 is 11.1 Å². The highest BCUT2D eigenvalue weighted by atomic mass is 16.2. The molecule has 2 aromatic rings. The molecule has 0 bridgehead atoms. The van der Waals surface area contributed by atoms with Crippen LogP contribution in [0.2, 0.25) is 0 Å². The summed E-state index contributed by atoms with van der Waals surface area (Å²) in [6.07, 6.45) is 0.505. The molecule has 4 nitrogen and oxygen atoms in total. The number of nitrogens with two attached hydrogens (primary N) is 1. The van der Waals surface area contributed by atoms with E-state index in [2.05, 4.69) is 11.4 Å². The van der Waals surface area contributed by atoms with Gasteiger partial charge in [0.2, 0.25) is 5.91 Å². The Morgan fingerprint density at radius 2 is 1.86 bits per heavy atom. The highest BCUT2D eigenvalue weighted by molar-refractivity contribution is 5.81. The van der Waals surface area contributed by atoms with Crippen LogP contribution in [0.4, 0.5) is 0 Å². The van der Waals surface area contributed by atoms with Crippen LogP contribution in [0.5, 0.6) is 0 Å². The van der Waals surface area contributed by atoms with Gasteiger partial charge in [-0.2, -0.15) is 5.26 Å². The smallest absolute Gasteiger partial charge is 0.237 e. The van der Waals surface area contributed by atoms with E-state index in [1.807, 2.05) is 36.4 Å². The summed E-state index contributed by atoms with van der Waals surface area (Å²) >= 11 is 0. The van der Waals surface area contributed by atoms with Crippen LogP contribution in [-0.4, -0.2) is 11.9 Å². The molecule has 0 heterocycles. The number of benzene rings is 2. The summed E-state index contributed by atoms with van der Waals surface area (Å²) in [5.41, 5.74) is 8.40. The maximum atomic E-state index is 12.0. The molecule has 0 unspecified atom stereocenters. The van der Waals surface area contributed by atoms with Gasteiger partial charge in [0.15, 0.2) is 0 Å². The van der Waals surface area contributed by atoms with Crippen molar-refractivity contribution in [2.75, 3.05) is 0 Å². The first-order valence-corrected chi connectivity index (χ1v) is 6.75. The Kier molecular flexibility index (Phi) is 5.08. The Bertz CT molecular complexity index is 647. The van der Waals surface area contributed by atoms with Gasteiger partial charge in [-0.1, -0.05) is 42.5 Å². The van der Waals surface area contributed by atoms with Gasteiger partial charge < -0.3 is 11.1 Å². The summed E-state index contributed by atoms with van der Waals surface area (Å²) in [5.74, 6) is -0.193. The number of carbonyl (C=O) groups excluding carboxylic acids is 1. The average Bonchev–Trinajstić information content (AvgIpc) is 2.53. The molecule has 2 aromatic carbocycles. The summed E-state index contributed by atoms with van der Waals surface area (Å²) < 4.78 is 0. The van der Waals surface area contributed by atoms with E-state index in [9.17, 15) is 4.79 Å². The molecule has 3 N–H and O–H groups in total. The molecule has 2 rings (SSSR count). The molecule has 106 valence electrons. The van der Waals surface area contributed by atoms with E-state index in [1.165, 1.54) is 0 Å². The van der Waals surface area contributed by atoms with Crippen molar-refractivity contribution in [2.45, 2.75) is 19.0 Å². The molecule has 0 spiro atoms. The van der Waals surface area contributed by atoms with Crippen LogP contribution in [0, 0.1) is 11.3 Å². The fraction of sp³-hybridized carbons (Fsp3) is 0.176. The lowest BCUT2D eigenvalue weighted by Crippen LogP contribution is -2.41. The molecule has 0 aliphatic carbocycles. The third kappa shape index (κ3) is 4.44. The Labute approximate surface area is 124 Å². The highest BCUT2D eigenvalue weighted by Gasteiger charge is 2.13. The zero-order chi connectivity index (χ0) is 15.1. The number of hydrogen-bond donors (Lipinski definition) is 2. The van der Waals surface area contributed by atoms with Crippen molar-refractivity contribution in [3.8, 4) is 6.07 Å². The molecular formula is C17H17N3O. The number of rotatable bonds is 5. The molecule has 1 amide bonds. The highest BCUT2D eigenvalue weighted by Crippen LogP contribution is 2.05. The molecular weight excluding hydrogens is 262 g/mol. The van der Waals surface area contributed by atoms with Gasteiger partial charge in [-0.25, -0.2) is 0 Å². The van der Waals surface area contributed by atoms with Gasteiger partial charge in [0, 0.05) is 6.54 Å². The van der Waals surface area contributed by atoms with E-state index in [1.54, 1.807) is 18.2 Å². The van der Waals surface area contributed by atoms with Crippen molar-refractivity contribution >= 4 is 5.91 Å². The predicted octanol–water partition coefficient (Wildman–Crippen LogP) is 1.74. The standard InChI is InChI=1S/C17H17N3O/c18-11-14-7-4-8-15(9-14)12-20-17(21)16(19)10-13-5-2-1-3-6-13/h1-9,16H,10,12,19H2,(H,20,21)/t16-/m0/s1. The zero-order valence-electron chi connectivity index (χ0n) is 11.6. The summed E-state index contributed by atoms with van der Waals surface area (Å²) in [7, 11) is 0. The lowest BCUT2D eigenvalue weighted by molar-refractivity contribution is -0.122. The lowest BCUT2D eigenvalue weighted by atomic mass is 10.1. The van der Waals surface area contributed by atoms with Crippen LogP contribution in [0.1, 0.15) is 16.7 Å². The van der Waals surface area contributed by atoms with Gasteiger partial charge in [-0.3, -0.25) is 4.79 Å². The van der Waals surface area contributed by atoms with Crippen molar-refractivity contribution in [3.05, 3.63) is 71.3 Å². The van der Waals surface area contributed by atoms with Crippen molar-refractivity contribution in [2.24, 2.45) is 5.73 Å². The molecule has 21 heavy (non-hydrogen) atoms. The second-order valence-corrected chi connectivity index (χ2v) is 4.83. The van der Waals surface area contributed by atoms with Crippen LogP contribution >= 0.6 is 0 Å². The monoisotopic (exact) mass is 279 g/mol. The topological polar surface area (TPSA) is 78.9 Å². The molecule has 0 radical (unpaired) electrons. The minimum absolute atomic E-state index is 0.193. The fourth-order valence-electron chi connectivity index (χ4n) is 2.03. The van der Waals surface area contributed by atoms with Gasteiger partial charge in [0.25, 0.3) is 0 Å². The maximum Gasteiger partial charge on any atom is 0.237 e. The summed E-state index contributed by atoms with van der Waals surface area (Å²) in [5, 5.41) is 11.6. The molecule has 0 aliphatic heterocycles. The largest absolute Gasteiger partial charge is 0.351 e. The van der Waals surface area contributed by atoms with Gasteiger partial charge in [-0.15, -0.1) is 0 Å². The SMILES string of the molecule is N#Cc1cccc(CNC(=O)[C@@H](N)Cc2ccccc2)c1. The van der Waals surface area contributed by atoms with Gasteiger partial charge in [-0.05, 0) is 29.7 Å². The summed E-state index contributed by atoms with van der Waals surface area (Å²) in [4.78, 5) is 12.0. The minimum Gasteiger partial charge on any atom is -0.351 e. The summed E-state index contributed by atoms with van der Waals surface area (Å²) in [6.45, 7) is 0.372. The van der Waals surface area contributed by atoms with E-state index in [4.69, 9.17) is 11.0 Å². The van der Waals surface area contributed by atoms with E-state index < -0.39 is 6.04 Å². The molecule has 0 saturated heterocycles. The number of nitrogens with one attached hydrogen (secondary N) is 1. The minimum atomic E-state index is -0.577. The third-order valence-corrected chi connectivity index (χ3v) is 3.16. The Morgan fingerprint density at radius 3 is 2.57 bits per heavy atom. The normalized spacial score (nSPS) is 11.4. The van der Waals surface area contributed by atoms with Gasteiger partial charge in [0.1, 0.15) is 0 Å². The Morgan fingerprint density at radius 1 is 1.14 bits per heavy atom. The fourth-order valence-corrected chi connectivity index (χ4v) is 2.03. The molecule has 4 heteroatoms. The molecule has 0 aromatic heterocycles. The Balaban J connectivity index is 1.88. The first-order chi connectivity index (χ1) is 10.2. The second-order valence-electron chi connectivity index (χ2n) is 4.83. The van der Waals surface area contributed by atoms with E-state index in [-0.39, 0.29) is 5.91 Å². The lowest BCUT2D eigenvalue weighted by Gasteiger charge is -2.12. The quantitative estimate of drug-likeness (QED) is 0.875. The van der Waals surface area contributed by atoms with Crippen molar-refractivity contribution < 1.29 is 4.79 Å². The van der Waals surface area contributed by atoms with E-state index >= 15 is 0 Å². The zero-order valence-corrected chi connectivity index (χ0v) is 11.6. The summed E-state index contributed by atoms with van der Waals surface area (Å²) in [6, 6.07) is 18.3. The number of hydrogen-bond acceptors (Lipinski definition) is 3. The second kappa shape index (κ2) is 7.22. The number of nitrogens with zero attached hydrogens (tertiary/aromatic N) is 1. The van der Waals surface area contributed by atoms with Crippen LogP contribution in [-0.2, 0) is 17.8 Å². The van der Waals surface area contributed by atoms with Gasteiger partial charge in [0.05, 0.1) is 17.7 Å². The van der Waals surface area contributed by atoms with Crippen LogP contribution in [0.15, 0.2) is 54.6 Å². The predicted molar refractivity (Wildman–Crippen MR) is 81.1 cm³/mol. The molecule has 0 aliphatic rings. The third-order valence-electron chi connectivity index (χ3n) is 3.16. The van der Waals surface area contributed by atoms with E-state index in [0.29, 0.717) is 18.5 Å². The van der Waals surface area contributed by atoms with Crippen molar-refractivity contribution in [3.63, 3.8) is 0 Å². The first-order valence-electron chi connectivity index (χ1n) is 6.75. The van der Waals surface area contributed by atoms with Crippen LogP contribution in [0.3, 0.4) is 0 Å². The maximum absolute atomic E-state index is 12.0. The number of nitriles is 1. The number of carbonyl (C=O) groups is 1.